The molecular weight excluding hydrogens is 676 g/mol. The first-order valence-electron chi connectivity index (χ1n) is 18.2. The van der Waals surface area contributed by atoms with Crippen molar-refractivity contribution in [3.8, 4) is 5.75 Å². The number of ketones is 1. The second-order valence-electron chi connectivity index (χ2n) is 13.8. The summed E-state index contributed by atoms with van der Waals surface area (Å²) in [6.07, 6.45) is 6.89. The molecule has 280 valence electrons. The van der Waals surface area contributed by atoms with Crippen LogP contribution >= 0.6 is 0 Å². The lowest BCUT2D eigenvalue weighted by molar-refractivity contribution is -0.241. The molecule has 1 saturated heterocycles. The van der Waals surface area contributed by atoms with Crippen molar-refractivity contribution in [1.82, 2.24) is 15.0 Å². The van der Waals surface area contributed by atoms with E-state index in [1.807, 2.05) is 6.07 Å². The molecule has 0 aliphatic carbocycles. The molecular formula is C37H46N4O11. The van der Waals surface area contributed by atoms with Crippen LogP contribution in [0, 0.1) is 0 Å². The minimum absolute atomic E-state index is 0.112. The van der Waals surface area contributed by atoms with E-state index in [9.17, 15) is 29.1 Å². The first-order chi connectivity index (χ1) is 25.0. The van der Waals surface area contributed by atoms with E-state index in [4.69, 9.17) is 23.4 Å². The van der Waals surface area contributed by atoms with Gasteiger partial charge in [-0.05, 0) is 56.6 Å². The molecule has 1 aromatic carbocycles. The van der Waals surface area contributed by atoms with Crippen molar-refractivity contribution in [2.45, 2.75) is 122 Å². The summed E-state index contributed by atoms with van der Waals surface area (Å²) < 4.78 is 29.1. The fourth-order valence-electron chi connectivity index (χ4n) is 7.67. The summed E-state index contributed by atoms with van der Waals surface area (Å²) in [6, 6.07) is 1.90. The van der Waals surface area contributed by atoms with Gasteiger partial charge in [-0.15, -0.1) is 5.10 Å². The lowest BCUT2D eigenvalue weighted by atomic mass is 9.89. The second kappa shape index (κ2) is 16.3. The number of aryl methyl sites for hydroxylation is 3. The molecule has 52 heavy (non-hydrogen) atoms. The summed E-state index contributed by atoms with van der Waals surface area (Å²) in [6.45, 7) is 5.47. The highest BCUT2D eigenvalue weighted by Gasteiger charge is 2.48. The fourth-order valence-corrected chi connectivity index (χ4v) is 7.67. The largest absolute Gasteiger partial charge is 0.506 e. The van der Waals surface area contributed by atoms with E-state index in [2.05, 4.69) is 15.2 Å². The van der Waals surface area contributed by atoms with E-state index < -0.39 is 53.9 Å². The van der Waals surface area contributed by atoms with Crippen LogP contribution in [-0.2, 0) is 52.6 Å². The predicted molar refractivity (Wildman–Crippen MR) is 185 cm³/mol. The van der Waals surface area contributed by atoms with Crippen LogP contribution in [-0.4, -0.2) is 81.8 Å². The van der Waals surface area contributed by atoms with Gasteiger partial charge in [-0.25, -0.2) is 9.48 Å². The number of esters is 3. The van der Waals surface area contributed by atoms with Gasteiger partial charge in [0.1, 0.15) is 16.9 Å². The van der Waals surface area contributed by atoms with E-state index in [0.29, 0.717) is 29.5 Å². The number of aromatic nitrogens is 3. The van der Waals surface area contributed by atoms with Crippen molar-refractivity contribution in [3.63, 3.8) is 0 Å². The van der Waals surface area contributed by atoms with Gasteiger partial charge in [0, 0.05) is 51.5 Å². The SMILES string of the molecule is CC(=O)O[C@@H]1[C@@H](OC(C)=O)[C@H](OC(C)=O)CO[C@H]1n1cc(CCCCCCCCC(=O)c2c(O)c3cc4c5c(c3oc2=O)CCCN5CCC4)nn1. The zero-order chi connectivity index (χ0) is 36.9. The molecule has 2 aromatic heterocycles. The van der Waals surface area contributed by atoms with Gasteiger partial charge in [-0.2, -0.15) is 0 Å². The number of benzene rings is 1. The molecule has 3 aromatic rings. The molecule has 6 rings (SSSR count). The minimum Gasteiger partial charge on any atom is -0.506 e. The Balaban J connectivity index is 0.971. The van der Waals surface area contributed by atoms with E-state index in [1.54, 1.807) is 6.20 Å². The maximum absolute atomic E-state index is 13.1. The number of rotatable bonds is 14. The van der Waals surface area contributed by atoms with E-state index in [0.717, 1.165) is 87.7 Å². The van der Waals surface area contributed by atoms with Gasteiger partial charge >= 0.3 is 23.5 Å². The van der Waals surface area contributed by atoms with Gasteiger partial charge in [-0.1, -0.05) is 30.9 Å². The Hall–Kier alpha value is -4.79. The number of nitrogens with zero attached hydrogens (tertiary/aromatic N) is 4. The Morgan fingerprint density at radius 2 is 1.58 bits per heavy atom. The number of Topliss-reactive ketones (excluding diaryl/α,β-unsaturated/α-hetero) is 1. The minimum atomic E-state index is -1.13. The van der Waals surface area contributed by atoms with E-state index in [-0.39, 0.29) is 24.3 Å². The Labute approximate surface area is 300 Å². The Morgan fingerprint density at radius 1 is 0.904 bits per heavy atom. The van der Waals surface area contributed by atoms with E-state index >= 15 is 0 Å². The third-order valence-electron chi connectivity index (χ3n) is 9.87. The quantitative estimate of drug-likeness (QED) is 0.0816. The van der Waals surface area contributed by atoms with Crippen LogP contribution in [0.5, 0.6) is 5.75 Å². The number of fused-ring (bicyclic) bond motifs is 2. The van der Waals surface area contributed by atoms with Crippen LogP contribution < -0.4 is 10.5 Å². The van der Waals surface area contributed by atoms with Crippen LogP contribution in [0.2, 0.25) is 0 Å². The van der Waals surface area contributed by atoms with Gasteiger partial charge in [0.2, 0.25) is 0 Å². The monoisotopic (exact) mass is 722 g/mol. The normalized spacial score (nSPS) is 21.0. The predicted octanol–water partition coefficient (Wildman–Crippen LogP) is 4.27. The molecule has 15 heteroatoms. The number of unbranched alkanes of at least 4 members (excludes halogenated alkanes) is 5. The average Bonchev–Trinajstić information content (AvgIpc) is 3.56. The maximum Gasteiger partial charge on any atom is 0.351 e. The van der Waals surface area contributed by atoms with E-state index in [1.165, 1.54) is 25.5 Å². The summed E-state index contributed by atoms with van der Waals surface area (Å²) in [5.41, 5.74) is 3.31. The highest BCUT2D eigenvalue weighted by molar-refractivity contribution is 6.04. The Morgan fingerprint density at radius 3 is 2.31 bits per heavy atom. The van der Waals surface area contributed by atoms with Crippen molar-refractivity contribution < 1.29 is 47.6 Å². The molecule has 0 unspecified atom stereocenters. The first kappa shape index (κ1) is 37.0. The van der Waals surface area contributed by atoms with Crippen molar-refractivity contribution in [2.24, 2.45) is 0 Å². The lowest BCUT2D eigenvalue weighted by Crippen LogP contribution is -2.55. The summed E-state index contributed by atoms with van der Waals surface area (Å²) >= 11 is 0. The van der Waals surface area contributed by atoms with Crippen LogP contribution in [0.1, 0.15) is 112 Å². The van der Waals surface area contributed by atoms with Gasteiger partial charge in [-0.3, -0.25) is 19.2 Å². The van der Waals surface area contributed by atoms with Crippen molar-refractivity contribution in [2.75, 3.05) is 24.6 Å². The molecule has 15 nitrogen and oxygen atoms in total. The molecule has 3 aliphatic rings. The standard InChI is InChI=1S/C37H46N4O11/c1-21(42)49-29-20-48-36(35(51-23(3)44)34(29)50-22(2)43)41-19-25(38-39-41)13-8-6-4-5-7-9-15-28(45)30-32(46)27-18-24-12-10-16-40-17-11-14-26(31(24)40)33(27)52-37(30)47/h18-19,29,34-36,46H,4-17,20H2,1-3H3/t29-,34+,35-,36-/m1/s1. The zero-order valence-electron chi connectivity index (χ0n) is 29.9. The first-order valence-corrected chi connectivity index (χ1v) is 18.2. The number of aromatic hydroxyl groups is 1. The number of hydrogen-bond acceptors (Lipinski definition) is 14. The van der Waals surface area contributed by atoms with Gasteiger partial charge in [0.25, 0.3) is 0 Å². The molecule has 1 N–H and O–H groups in total. The molecule has 1 fully saturated rings. The van der Waals surface area contributed by atoms with Crippen LogP contribution in [0.3, 0.4) is 0 Å². The van der Waals surface area contributed by atoms with Crippen LogP contribution in [0.4, 0.5) is 5.69 Å². The third kappa shape index (κ3) is 8.14. The maximum atomic E-state index is 13.1. The summed E-state index contributed by atoms with van der Waals surface area (Å²) in [7, 11) is 0. The average molecular weight is 723 g/mol. The lowest BCUT2D eigenvalue weighted by Gasteiger charge is -2.40. The van der Waals surface area contributed by atoms with Crippen LogP contribution in [0.15, 0.2) is 21.5 Å². The molecule has 0 radical (unpaired) electrons. The highest BCUT2D eigenvalue weighted by Crippen LogP contribution is 2.42. The molecule has 0 spiro atoms. The fraction of sp³-hybridized carbons (Fsp3) is 0.595. The topological polar surface area (TPSA) is 190 Å². The summed E-state index contributed by atoms with van der Waals surface area (Å²) in [5.74, 6) is -2.54. The molecule has 5 heterocycles. The third-order valence-corrected chi connectivity index (χ3v) is 9.87. The van der Waals surface area contributed by atoms with Gasteiger partial charge in [0.15, 0.2) is 30.3 Å². The van der Waals surface area contributed by atoms with Crippen molar-refractivity contribution in [3.05, 3.63) is 45.1 Å². The second-order valence-corrected chi connectivity index (χ2v) is 13.8. The molecule has 0 bridgehead atoms. The zero-order valence-corrected chi connectivity index (χ0v) is 29.9. The molecule has 3 aliphatic heterocycles. The number of carbonyl (C=O) groups is 4. The number of anilines is 1. The number of hydrogen-bond donors (Lipinski definition) is 1. The van der Waals surface area contributed by atoms with Crippen LogP contribution in [0.25, 0.3) is 11.0 Å². The van der Waals surface area contributed by atoms with Crippen molar-refractivity contribution in [1.29, 1.82) is 0 Å². The highest BCUT2D eigenvalue weighted by atomic mass is 16.6. The van der Waals surface area contributed by atoms with Crippen molar-refractivity contribution >= 4 is 40.3 Å². The smallest absolute Gasteiger partial charge is 0.351 e. The van der Waals surface area contributed by atoms with Gasteiger partial charge in [0.05, 0.1) is 23.9 Å². The Kier molecular flexibility index (Phi) is 11.6. The summed E-state index contributed by atoms with van der Waals surface area (Å²) in [4.78, 5) is 63.9. The molecule has 0 saturated carbocycles. The summed E-state index contributed by atoms with van der Waals surface area (Å²) in [5, 5.41) is 20.0. The Bertz CT molecular complexity index is 1880. The number of carbonyl (C=O) groups excluding carboxylic acids is 4. The molecule has 4 atom stereocenters. The number of ether oxygens (including phenoxy) is 4. The molecule has 0 amide bonds. The van der Waals surface area contributed by atoms with Gasteiger partial charge < -0.3 is 33.4 Å².